The van der Waals surface area contributed by atoms with Gasteiger partial charge in [-0.05, 0) is 12.8 Å². The van der Waals surface area contributed by atoms with Gasteiger partial charge in [-0.1, -0.05) is 26.7 Å². The number of carbonyl (C=O) groups is 3. The molecule has 1 unspecified atom stereocenters. The van der Waals surface area contributed by atoms with Crippen LogP contribution in [0.5, 0.6) is 0 Å². The number of hydrogen-bond donors (Lipinski definition) is 0. The molecule has 1 aliphatic rings. The third-order valence-electron chi connectivity index (χ3n) is 3.52. The molecule has 0 spiro atoms. The topological polar surface area (TPSA) is 76.2 Å². The van der Waals surface area contributed by atoms with E-state index < -0.39 is 18.2 Å². The zero-order chi connectivity index (χ0) is 16.4. The lowest BCUT2D eigenvalue weighted by molar-refractivity contribution is -0.113. The molecule has 126 valence electrons. The second-order valence-electron chi connectivity index (χ2n) is 5.28. The molecule has 7 heteroatoms. The Morgan fingerprint density at radius 2 is 1.64 bits per heavy atom. The molecule has 0 N–H and O–H groups in total. The summed E-state index contributed by atoms with van der Waals surface area (Å²) >= 11 is 0. The Bertz CT molecular complexity index is 375. The van der Waals surface area contributed by atoms with Crippen LogP contribution < -0.4 is 0 Å². The van der Waals surface area contributed by atoms with E-state index in [9.17, 15) is 14.4 Å². The molecule has 0 aromatic heterocycles. The number of unbranched alkanes of at least 4 members (excludes halogenated alkanes) is 2. The molecule has 1 fully saturated rings. The van der Waals surface area contributed by atoms with Crippen LogP contribution in [0.15, 0.2) is 0 Å². The molecular weight excluding hydrogens is 288 g/mol. The molecule has 0 aromatic rings. The SMILES string of the molecule is CCCCOC(=O)N1CCN(C(=O)OCCCC)C(C=O)C1. The fourth-order valence-electron chi connectivity index (χ4n) is 2.10. The third-order valence-corrected chi connectivity index (χ3v) is 3.52. The largest absolute Gasteiger partial charge is 0.449 e. The Morgan fingerprint density at radius 3 is 2.18 bits per heavy atom. The van der Waals surface area contributed by atoms with E-state index >= 15 is 0 Å². The summed E-state index contributed by atoms with van der Waals surface area (Å²) in [6.45, 7) is 5.51. The first-order valence-corrected chi connectivity index (χ1v) is 7.94. The highest BCUT2D eigenvalue weighted by molar-refractivity contribution is 5.75. The van der Waals surface area contributed by atoms with E-state index in [4.69, 9.17) is 9.47 Å². The minimum atomic E-state index is -0.679. The van der Waals surface area contributed by atoms with Crippen LogP contribution in [0.25, 0.3) is 0 Å². The van der Waals surface area contributed by atoms with Crippen LogP contribution >= 0.6 is 0 Å². The van der Waals surface area contributed by atoms with Gasteiger partial charge in [-0.15, -0.1) is 0 Å². The van der Waals surface area contributed by atoms with Gasteiger partial charge in [-0.25, -0.2) is 9.59 Å². The van der Waals surface area contributed by atoms with Crippen LogP contribution in [0, 0.1) is 0 Å². The fourth-order valence-corrected chi connectivity index (χ4v) is 2.10. The quantitative estimate of drug-likeness (QED) is 0.531. The monoisotopic (exact) mass is 314 g/mol. The molecule has 1 saturated heterocycles. The Morgan fingerprint density at radius 1 is 1.05 bits per heavy atom. The predicted octanol–water partition coefficient (Wildman–Crippen LogP) is 2.04. The van der Waals surface area contributed by atoms with Crippen LogP contribution in [0.3, 0.4) is 0 Å². The molecule has 7 nitrogen and oxygen atoms in total. The number of hydrogen-bond acceptors (Lipinski definition) is 5. The van der Waals surface area contributed by atoms with E-state index in [2.05, 4.69) is 0 Å². The van der Waals surface area contributed by atoms with Gasteiger partial charge >= 0.3 is 12.2 Å². The highest BCUT2D eigenvalue weighted by Crippen LogP contribution is 2.12. The lowest BCUT2D eigenvalue weighted by atomic mass is 10.2. The van der Waals surface area contributed by atoms with Crippen molar-refractivity contribution in [1.82, 2.24) is 9.80 Å². The Kier molecular flexibility index (Phi) is 8.32. The Balaban J connectivity index is 2.47. The van der Waals surface area contributed by atoms with Crippen molar-refractivity contribution in [1.29, 1.82) is 0 Å². The first kappa shape index (κ1) is 18.3. The minimum Gasteiger partial charge on any atom is -0.449 e. The molecule has 0 bridgehead atoms. The molecule has 0 radical (unpaired) electrons. The summed E-state index contributed by atoms with van der Waals surface area (Å²) in [6.07, 6.45) is 3.23. The Labute approximate surface area is 131 Å². The minimum absolute atomic E-state index is 0.150. The number of aldehydes is 1. The van der Waals surface area contributed by atoms with Crippen molar-refractivity contribution < 1.29 is 23.9 Å². The average Bonchev–Trinajstić information content (AvgIpc) is 2.54. The van der Waals surface area contributed by atoms with Crippen molar-refractivity contribution in [2.45, 2.75) is 45.6 Å². The van der Waals surface area contributed by atoms with Gasteiger partial charge in [-0.3, -0.25) is 4.90 Å². The lowest BCUT2D eigenvalue weighted by Crippen LogP contribution is -2.57. The Hall–Kier alpha value is -1.79. The van der Waals surface area contributed by atoms with Gasteiger partial charge in [-0.2, -0.15) is 0 Å². The summed E-state index contributed by atoms with van der Waals surface area (Å²) in [5.41, 5.74) is 0. The highest BCUT2D eigenvalue weighted by Gasteiger charge is 2.33. The summed E-state index contributed by atoms with van der Waals surface area (Å²) < 4.78 is 10.2. The van der Waals surface area contributed by atoms with Crippen molar-refractivity contribution in [3.05, 3.63) is 0 Å². The summed E-state index contributed by atoms with van der Waals surface area (Å²) in [7, 11) is 0. The van der Waals surface area contributed by atoms with Gasteiger partial charge in [0.1, 0.15) is 12.3 Å². The van der Waals surface area contributed by atoms with Crippen molar-refractivity contribution in [2.24, 2.45) is 0 Å². The van der Waals surface area contributed by atoms with Crippen LogP contribution in [0.1, 0.15) is 39.5 Å². The van der Waals surface area contributed by atoms with E-state index in [0.717, 1.165) is 25.7 Å². The first-order chi connectivity index (χ1) is 10.6. The van der Waals surface area contributed by atoms with Crippen LogP contribution in [-0.2, 0) is 14.3 Å². The third kappa shape index (κ3) is 5.54. The molecule has 1 aliphatic heterocycles. The number of rotatable bonds is 7. The van der Waals surface area contributed by atoms with Crippen LogP contribution in [0.4, 0.5) is 9.59 Å². The van der Waals surface area contributed by atoms with Crippen LogP contribution in [0.2, 0.25) is 0 Å². The van der Waals surface area contributed by atoms with Crippen molar-refractivity contribution in [3.63, 3.8) is 0 Å². The molecule has 22 heavy (non-hydrogen) atoms. The summed E-state index contributed by atoms with van der Waals surface area (Å²) in [5.74, 6) is 0. The number of ether oxygens (including phenoxy) is 2. The maximum absolute atomic E-state index is 11.9. The van der Waals surface area contributed by atoms with Crippen molar-refractivity contribution in [3.8, 4) is 0 Å². The van der Waals surface area contributed by atoms with Gasteiger partial charge in [0.25, 0.3) is 0 Å². The van der Waals surface area contributed by atoms with Gasteiger partial charge in [0, 0.05) is 13.1 Å². The van der Waals surface area contributed by atoms with E-state index in [1.165, 1.54) is 9.80 Å². The number of nitrogens with zero attached hydrogens (tertiary/aromatic N) is 2. The lowest BCUT2D eigenvalue weighted by Gasteiger charge is -2.37. The number of piperazine rings is 1. The van der Waals surface area contributed by atoms with Gasteiger partial charge in [0.2, 0.25) is 0 Å². The molecule has 0 saturated carbocycles. The van der Waals surface area contributed by atoms with E-state index in [0.29, 0.717) is 26.0 Å². The van der Waals surface area contributed by atoms with Crippen molar-refractivity contribution >= 4 is 18.5 Å². The van der Waals surface area contributed by atoms with E-state index in [1.807, 2.05) is 13.8 Å². The smallest absolute Gasteiger partial charge is 0.410 e. The van der Waals surface area contributed by atoms with Gasteiger partial charge < -0.3 is 19.2 Å². The van der Waals surface area contributed by atoms with Gasteiger partial charge in [0.15, 0.2) is 0 Å². The number of carbonyl (C=O) groups excluding carboxylic acids is 3. The zero-order valence-electron chi connectivity index (χ0n) is 13.5. The molecule has 1 atom stereocenters. The summed E-state index contributed by atoms with van der Waals surface area (Å²) in [5, 5.41) is 0. The molecule has 2 amide bonds. The summed E-state index contributed by atoms with van der Waals surface area (Å²) in [6, 6.07) is -0.679. The second kappa shape index (κ2) is 10.0. The average molecular weight is 314 g/mol. The standard InChI is InChI=1S/C15H26N2O5/c1-3-5-9-21-14(19)16-7-8-17(13(11-16)12-18)15(20)22-10-6-4-2/h12-13H,3-11H2,1-2H3. The first-order valence-electron chi connectivity index (χ1n) is 7.94. The summed E-state index contributed by atoms with van der Waals surface area (Å²) in [4.78, 5) is 37.9. The maximum atomic E-state index is 11.9. The molecule has 1 heterocycles. The van der Waals surface area contributed by atoms with Gasteiger partial charge in [0.05, 0.1) is 19.8 Å². The molecule has 0 aliphatic carbocycles. The van der Waals surface area contributed by atoms with E-state index in [-0.39, 0.29) is 13.1 Å². The second-order valence-corrected chi connectivity index (χ2v) is 5.28. The van der Waals surface area contributed by atoms with Crippen LogP contribution in [-0.4, -0.2) is 67.2 Å². The van der Waals surface area contributed by atoms with Crippen molar-refractivity contribution in [2.75, 3.05) is 32.8 Å². The predicted molar refractivity (Wildman–Crippen MR) is 80.6 cm³/mol. The number of amides is 2. The molecule has 0 aromatic carbocycles. The normalized spacial score (nSPS) is 18.0. The fraction of sp³-hybridized carbons (Fsp3) is 0.800. The highest BCUT2D eigenvalue weighted by atomic mass is 16.6. The zero-order valence-corrected chi connectivity index (χ0v) is 13.5. The van der Waals surface area contributed by atoms with E-state index in [1.54, 1.807) is 0 Å². The molecule has 1 rings (SSSR count). The maximum Gasteiger partial charge on any atom is 0.410 e. The molecular formula is C15H26N2O5.